The Morgan fingerprint density at radius 1 is 0.789 bits per heavy atom. The Labute approximate surface area is 227 Å². The molecule has 0 aromatic rings. The first-order valence-corrected chi connectivity index (χ1v) is 6.22. The van der Waals surface area contributed by atoms with Crippen molar-refractivity contribution in [2.24, 2.45) is 0 Å². The monoisotopic (exact) mass is 373 g/mol. The summed E-state index contributed by atoms with van der Waals surface area (Å²) in [7, 11) is -15.0. The molecule has 0 spiro atoms. The van der Waals surface area contributed by atoms with Gasteiger partial charge in [0.05, 0.1) is 15.6 Å². The molecule has 0 radical (unpaired) electrons. The van der Waals surface area contributed by atoms with Crippen molar-refractivity contribution >= 4 is 47.9 Å². The Hall–Kier alpha value is 5.24. The Bertz CT molecular complexity index is 242. The van der Waals surface area contributed by atoms with Crippen molar-refractivity contribution in [3.63, 3.8) is 0 Å². The average molecular weight is 373 g/mol. The largest absolute Gasteiger partial charge is 2.00 e. The van der Waals surface area contributed by atoms with Crippen molar-refractivity contribution in [3.8, 4) is 0 Å². The Morgan fingerprint density at radius 2 is 0.895 bits per heavy atom. The molecule has 0 rings (SSSR count). The van der Waals surface area contributed by atoms with Crippen LogP contribution in [0.1, 0.15) is 0 Å². The van der Waals surface area contributed by atoms with Gasteiger partial charge in [-0.15, -0.1) is 0 Å². The van der Waals surface area contributed by atoms with Gasteiger partial charge in [0.15, 0.2) is 0 Å². The molecular weight excluding hydrogens is 373 g/mol. The maximum absolute atomic E-state index is 9.32. The molecule has 0 aromatic heterocycles. The van der Waals surface area contributed by atoms with Gasteiger partial charge in [-0.25, -0.2) is 0 Å². The first-order chi connectivity index (χ1) is 5.44. The summed E-state index contributed by atoms with van der Waals surface area (Å²) < 4.78 is 29.7. The van der Waals surface area contributed by atoms with E-state index < -0.39 is 24.8 Å². The first kappa shape index (κ1) is 49.6. The van der Waals surface area contributed by atoms with Crippen LogP contribution in [0.5, 0.6) is 0 Å². The summed E-state index contributed by atoms with van der Waals surface area (Å²) >= 11 is 0. The normalized spacial score (nSPS) is 7.79. The molecule has 19 heteroatoms. The molecule has 0 heterocycles. The molecule has 0 fully saturated rings. The van der Waals surface area contributed by atoms with E-state index in [4.69, 9.17) is 14.1 Å². The fourth-order valence-corrected chi connectivity index (χ4v) is 1.10. The van der Waals surface area contributed by atoms with Crippen LogP contribution in [0.2, 0.25) is 0 Å². The average Bonchev–Trinajstić information content (AvgIpc) is 1.47. The fraction of sp³-hybridized carbons (Fsp3) is 0. The van der Waals surface area contributed by atoms with Crippen LogP contribution in [0.25, 0.3) is 0 Å². The zero-order valence-corrected chi connectivity index (χ0v) is 23.4. The molecule has 0 N–H and O–H groups in total. The second kappa shape index (κ2) is 25.5. The van der Waals surface area contributed by atoms with E-state index in [1.54, 1.807) is 0 Å². The molecule has 0 bridgehead atoms. The predicted octanol–water partition coefficient (Wildman–Crippen LogP) is -21.6. The van der Waals surface area contributed by atoms with Crippen LogP contribution in [0.3, 0.4) is 0 Å². The second-order valence-corrected chi connectivity index (χ2v) is 4.17. The summed E-state index contributed by atoms with van der Waals surface area (Å²) in [5.41, 5.74) is 0. The van der Waals surface area contributed by atoms with Crippen LogP contribution in [0.4, 0.5) is 0 Å². The standard InChI is InChI=1S/Li.Mg.4Na.H4O7P2.O3Si/c;;;;;;1-8(2,3)7-9(4,5)6;1-4(2)3/h;;;;;;(H2,1,2,3)(H2,4,5,6);/q+1;+2;4*+1;;-2/p-4. The summed E-state index contributed by atoms with van der Waals surface area (Å²) in [6.45, 7) is 0. The molecule has 0 aliphatic carbocycles. The number of phosphoric acid groups is 2. The van der Waals surface area contributed by atoms with Gasteiger partial charge in [0, 0.05) is 9.17 Å². The van der Waals surface area contributed by atoms with Crippen molar-refractivity contribution in [2.75, 3.05) is 0 Å². The molecule has 0 unspecified atom stereocenters. The van der Waals surface area contributed by atoms with Gasteiger partial charge < -0.3 is 47.1 Å². The topological polar surface area (TPSA) is 199 Å². The Morgan fingerprint density at radius 3 is 0.895 bits per heavy atom. The van der Waals surface area contributed by atoms with Crippen molar-refractivity contribution < 1.29 is 184 Å². The minimum Gasteiger partial charge on any atom is -0.790 e. The SMILES string of the molecule is O=P([O-])([O-])OP(=O)([O-])[O-].O=[Si]([O-])[O-].[Li+].[Mg+2].[Na+].[Na+].[Na+].[Na+]. The van der Waals surface area contributed by atoms with Crippen molar-refractivity contribution in [2.45, 2.75) is 0 Å². The smallest absolute Gasteiger partial charge is 0.790 e. The van der Waals surface area contributed by atoms with Gasteiger partial charge in [-0.05, 0) is 0 Å². The van der Waals surface area contributed by atoms with Crippen molar-refractivity contribution in [3.05, 3.63) is 0 Å². The quantitative estimate of drug-likeness (QED) is 0.330. The molecule has 19 heavy (non-hydrogen) atoms. The summed E-state index contributed by atoms with van der Waals surface area (Å²) in [4.78, 5) is 54.3. The van der Waals surface area contributed by atoms with Gasteiger partial charge in [0.25, 0.3) is 0 Å². The maximum Gasteiger partial charge on any atom is 2.00 e. The molecule has 0 saturated carbocycles. The molecule has 0 saturated heterocycles. The Kier molecular flexibility index (Phi) is 66.6. The second-order valence-electron chi connectivity index (χ2n) is 1.23. The zero-order chi connectivity index (χ0) is 11.3. The van der Waals surface area contributed by atoms with Crippen LogP contribution < -0.4 is 166 Å². The summed E-state index contributed by atoms with van der Waals surface area (Å²) in [5, 5.41) is 0. The number of hydrogen-bond acceptors (Lipinski definition) is 10. The molecule has 10 nitrogen and oxygen atoms in total. The van der Waals surface area contributed by atoms with Crippen LogP contribution in [0.15, 0.2) is 0 Å². The van der Waals surface area contributed by atoms with Crippen LogP contribution in [-0.2, 0) is 17.9 Å². The number of rotatable bonds is 2. The van der Waals surface area contributed by atoms with Gasteiger partial charge in [0.2, 0.25) is 0 Å². The van der Waals surface area contributed by atoms with Gasteiger partial charge in [-0.2, -0.15) is 0 Å². The molecule has 0 aliphatic heterocycles. The summed E-state index contributed by atoms with van der Waals surface area (Å²) in [6.07, 6.45) is 0. The first-order valence-electron chi connectivity index (χ1n) is 2.07. The van der Waals surface area contributed by atoms with E-state index in [9.17, 15) is 28.7 Å². The van der Waals surface area contributed by atoms with E-state index in [0.717, 1.165) is 0 Å². The Balaban J connectivity index is -0.0000000183. The molecule has 0 aliphatic rings. The van der Waals surface area contributed by atoms with Gasteiger partial charge in [-0.3, -0.25) is 0 Å². The van der Waals surface area contributed by atoms with Crippen LogP contribution in [-0.4, -0.2) is 32.2 Å². The van der Waals surface area contributed by atoms with E-state index >= 15 is 0 Å². The van der Waals surface area contributed by atoms with E-state index in [1.807, 2.05) is 0 Å². The van der Waals surface area contributed by atoms with Crippen LogP contribution >= 0.6 is 15.6 Å². The summed E-state index contributed by atoms with van der Waals surface area (Å²) in [6, 6.07) is 0. The third-order valence-electron chi connectivity index (χ3n) is 0.200. The third kappa shape index (κ3) is 83.0. The van der Waals surface area contributed by atoms with Gasteiger partial charge in [-0.1, -0.05) is 0 Å². The van der Waals surface area contributed by atoms with E-state index in [2.05, 4.69) is 4.31 Å². The van der Waals surface area contributed by atoms with Gasteiger partial charge >= 0.3 is 160 Å². The molecule has 0 amide bonds. The molecule has 0 aromatic carbocycles. The number of hydrogen-bond donors (Lipinski definition) is 0. The van der Waals surface area contributed by atoms with E-state index in [0.29, 0.717) is 0 Å². The molecular formula is LiMgNa4O10P2Si+. The maximum atomic E-state index is 9.32. The minimum atomic E-state index is -5.68. The van der Waals surface area contributed by atoms with E-state index in [1.165, 1.54) is 0 Å². The third-order valence-corrected chi connectivity index (χ3v) is 1.80. The molecule has 80 valence electrons. The van der Waals surface area contributed by atoms with Crippen molar-refractivity contribution in [1.82, 2.24) is 0 Å². The molecule has 0 atom stereocenters. The zero-order valence-electron chi connectivity index (χ0n) is 11.2. The van der Waals surface area contributed by atoms with E-state index in [-0.39, 0.29) is 160 Å². The van der Waals surface area contributed by atoms with Crippen molar-refractivity contribution in [1.29, 1.82) is 0 Å². The predicted molar refractivity (Wildman–Crippen MR) is 28.5 cm³/mol. The van der Waals surface area contributed by atoms with Crippen LogP contribution in [0, 0.1) is 0 Å². The minimum absolute atomic E-state index is 0. The summed E-state index contributed by atoms with van der Waals surface area (Å²) in [5.74, 6) is 0. The fourth-order valence-electron chi connectivity index (χ4n) is 0.122. The van der Waals surface area contributed by atoms with Gasteiger partial charge in [0.1, 0.15) is 0 Å².